The first-order valence-electron chi connectivity index (χ1n) is 31.9. The minimum atomic E-state index is -3.23. The molecular formula is C56H92N4O42. The average Bonchev–Trinajstić information content (AvgIpc) is 0.762. The van der Waals surface area contributed by atoms with Crippen LogP contribution in [-0.4, -0.2) is 425 Å². The third kappa shape index (κ3) is 18.7. The summed E-state index contributed by atoms with van der Waals surface area (Å²) in [5.41, 5.74) is 0. The Morgan fingerprint density at radius 1 is 0.412 bits per heavy atom. The zero-order valence-corrected chi connectivity index (χ0v) is 54.6. The largest absolute Gasteiger partial charge is 0.477 e. The number of hydrogen-bond donors (Lipinski definition) is 27. The molecule has 0 spiro atoms. The van der Waals surface area contributed by atoms with Crippen LogP contribution in [0.2, 0.25) is 0 Å². The van der Waals surface area contributed by atoms with Crippen molar-refractivity contribution in [2.24, 2.45) is 0 Å². The normalized spacial score (nSPS) is 44.6. The summed E-state index contributed by atoms with van der Waals surface area (Å²) in [5.74, 6) is -13.8. The van der Waals surface area contributed by atoms with Crippen LogP contribution in [0.5, 0.6) is 0 Å². The van der Waals surface area contributed by atoms with Gasteiger partial charge in [0.1, 0.15) is 159 Å². The van der Waals surface area contributed by atoms with Gasteiger partial charge in [0.2, 0.25) is 23.6 Å². The van der Waals surface area contributed by atoms with Crippen LogP contribution in [0.1, 0.15) is 40.5 Å². The lowest BCUT2D eigenvalue weighted by Gasteiger charge is -2.51. The summed E-state index contributed by atoms with van der Waals surface area (Å²) in [6.45, 7) is -3.95. The zero-order chi connectivity index (χ0) is 76.1. The number of ether oxygens (including phenoxy) is 13. The highest BCUT2D eigenvalue weighted by atomic mass is 16.8. The third-order valence-electron chi connectivity index (χ3n) is 18.1. The number of carbonyl (C=O) groups is 6. The molecule has 7 rings (SSSR count). The van der Waals surface area contributed by atoms with E-state index in [0.717, 1.165) is 27.7 Å². The van der Waals surface area contributed by atoms with Gasteiger partial charge in [0.15, 0.2) is 31.5 Å². The highest BCUT2D eigenvalue weighted by molar-refractivity contribution is 5.78. The summed E-state index contributed by atoms with van der Waals surface area (Å²) < 4.78 is 74.2. The maximum absolute atomic E-state index is 13.1. The van der Waals surface area contributed by atoms with Gasteiger partial charge in [-0.2, -0.15) is 0 Å². The van der Waals surface area contributed by atoms with E-state index in [1.807, 2.05) is 0 Å². The number of aliphatic hydroxyl groups is 21. The van der Waals surface area contributed by atoms with Crippen molar-refractivity contribution in [3.05, 3.63) is 0 Å². The summed E-state index contributed by atoms with van der Waals surface area (Å²) in [7, 11) is 0. The lowest BCUT2D eigenvalue weighted by molar-refractivity contribution is -0.388. The predicted octanol–water partition coefficient (Wildman–Crippen LogP) is -17.3. The molecule has 7 saturated heterocycles. The van der Waals surface area contributed by atoms with Crippen LogP contribution in [0.15, 0.2) is 0 Å². The molecule has 0 aromatic rings. The van der Waals surface area contributed by atoms with E-state index >= 15 is 0 Å². The van der Waals surface area contributed by atoms with Gasteiger partial charge in [-0.15, -0.1) is 0 Å². The van der Waals surface area contributed by atoms with Crippen LogP contribution in [0.4, 0.5) is 0 Å². The number of aliphatic carboxylic acids is 2. The Morgan fingerprint density at radius 2 is 0.804 bits per heavy atom. The minimum Gasteiger partial charge on any atom is -0.477 e. The number of aliphatic hydroxyl groups excluding tert-OH is 21. The van der Waals surface area contributed by atoms with Crippen LogP contribution < -0.4 is 21.3 Å². The Kier molecular flexibility index (Phi) is 29.8. The Labute approximate surface area is 576 Å². The van der Waals surface area contributed by atoms with Crippen molar-refractivity contribution < 1.29 is 208 Å². The molecule has 0 unspecified atom stereocenters. The highest BCUT2D eigenvalue weighted by Crippen LogP contribution is 2.41. The molecule has 0 radical (unpaired) electrons. The number of nitrogens with one attached hydrogen (secondary N) is 4. The van der Waals surface area contributed by atoms with Gasteiger partial charge in [-0.25, -0.2) is 9.59 Å². The highest BCUT2D eigenvalue weighted by Gasteiger charge is 2.63. The summed E-state index contributed by atoms with van der Waals surface area (Å²) in [4.78, 5) is 75.3. The molecule has 102 heavy (non-hydrogen) atoms. The third-order valence-corrected chi connectivity index (χ3v) is 18.1. The molecule has 4 amide bonds. The van der Waals surface area contributed by atoms with E-state index in [0.29, 0.717) is 0 Å². The van der Waals surface area contributed by atoms with E-state index in [2.05, 4.69) is 21.3 Å². The van der Waals surface area contributed by atoms with Crippen LogP contribution in [0.25, 0.3) is 0 Å². The van der Waals surface area contributed by atoms with E-state index < -0.39 is 321 Å². The summed E-state index contributed by atoms with van der Waals surface area (Å²) in [6, 6.07) is -7.01. The molecule has 7 aliphatic heterocycles. The van der Waals surface area contributed by atoms with Crippen LogP contribution >= 0.6 is 0 Å². The second-order valence-electron chi connectivity index (χ2n) is 25.4. The molecule has 46 heteroatoms. The Morgan fingerprint density at radius 3 is 1.26 bits per heavy atom. The van der Waals surface area contributed by atoms with Gasteiger partial charge in [-0.05, 0) is 0 Å². The van der Waals surface area contributed by atoms with E-state index in [-0.39, 0.29) is 0 Å². The summed E-state index contributed by atoms with van der Waals surface area (Å²) in [6.07, 6.45) is -67.6. The number of carboxylic acids is 2. The van der Waals surface area contributed by atoms with E-state index in [9.17, 15) is 146 Å². The van der Waals surface area contributed by atoms with Crippen molar-refractivity contribution in [2.75, 3.05) is 46.2 Å². The van der Waals surface area contributed by atoms with Gasteiger partial charge >= 0.3 is 11.9 Å². The number of carbonyl (C=O) groups excluding carboxylic acids is 4. The Bertz CT molecular complexity index is 2780. The molecular weight excluding hydrogens is 1400 g/mol. The van der Waals surface area contributed by atoms with E-state index in [1.165, 1.54) is 0 Å². The fourth-order valence-corrected chi connectivity index (χ4v) is 12.8. The predicted molar refractivity (Wildman–Crippen MR) is 313 cm³/mol. The van der Waals surface area contributed by atoms with Gasteiger partial charge in [0.25, 0.3) is 11.6 Å². The molecule has 0 bridgehead atoms. The molecule has 7 fully saturated rings. The Hall–Kier alpha value is -4.54. The number of hydrogen-bond acceptors (Lipinski definition) is 40. The molecule has 7 aliphatic rings. The summed E-state index contributed by atoms with van der Waals surface area (Å²) >= 11 is 0. The van der Waals surface area contributed by atoms with Crippen molar-refractivity contribution >= 4 is 35.6 Å². The quantitative estimate of drug-likeness (QED) is 0.0331. The number of amides is 4. The number of rotatable bonds is 29. The van der Waals surface area contributed by atoms with Crippen LogP contribution in [0, 0.1) is 0 Å². The standard InChI is InChI=1S/C56H92N4O42/c1-14(66)57-27-18(70)5-55(53(86)87,100-44(27)31(74)20(72)7-61)91-13-26-33(76)38(81)40(83)51(96-26)97-42-23(10-64)94-49(29(36(42)79)59-16(3)68)90-12-25-34(77)39(82)47(48(85)92-25)99-50-30(60-17(4)69)37(80)43(24(11-65)95-50)98-52-41(84)46(35(78)22(9-63)93-52)102-56(54(88)89)6-19(71)28(58-15(2)67)45(101-56)32(75)21(73)8-62/h18-52,61-65,70-85H,5-13H2,1-4H3,(H,57,66)(H,58,67)(H,59,68)(H,60,69)(H,86,87)(H,88,89)/t18-,19-,20+,21+,22+,23+,24+,25+,26+,27+,28+,29+,30+,31+,32+,33-,34+,35-,36+,37+,38-,39-,40+,41+,42+,43+,44+,45+,46-,47-,48-,49+,50-,51-,52-,55+,56-/m0/s1. The van der Waals surface area contributed by atoms with Gasteiger partial charge in [0.05, 0.1) is 70.5 Å². The first-order chi connectivity index (χ1) is 47.8. The molecule has 0 saturated carbocycles. The molecule has 588 valence electrons. The maximum Gasteiger partial charge on any atom is 0.364 e. The van der Waals surface area contributed by atoms with Gasteiger partial charge < -0.3 is 200 Å². The monoisotopic (exact) mass is 1490 g/mol. The molecule has 0 aromatic carbocycles. The van der Waals surface area contributed by atoms with Crippen LogP contribution in [-0.2, 0) is 90.3 Å². The number of carboxylic acid groups (broad SMARTS) is 2. The van der Waals surface area contributed by atoms with E-state index in [1.54, 1.807) is 0 Å². The molecule has 7 heterocycles. The molecule has 0 aromatic heterocycles. The maximum atomic E-state index is 13.1. The molecule has 37 atom stereocenters. The minimum absolute atomic E-state index is 0.807. The first kappa shape index (κ1) is 84.7. The lowest BCUT2D eigenvalue weighted by Crippen LogP contribution is -2.71. The Balaban J connectivity index is 1.02. The zero-order valence-electron chi connectivity index (χ0n) is 54.6. The SMILES string of the molecule is CC(=O)N[C@H]1[C@H](OC[C@H]2O[C@H](O)[C@@H](O[C@@H]3O[C@H](CO)[C@@H](O[C@@H]4O[C@H](CO)[C@H](O)[C@H](O[C@]5(C(=O)O)C[C@H](O)[C@@H](NC(C)=O)[C@H]([C@H](O)[C@H](O)CO)O5)[C@H]4O)[C@H](O)[C@H]3NC(C)=O)[C@@H](O)[C@@H]2O)O[C@H](CO)[C@@H](O[C@@H]2O[C@H](CO[C@]3(C(=O)O)C[C@H](O)[C@@H](NC(C)=O)[C@H]([C@H](O)[C@H](O)CO)O3)[C@H](O)[C@H](O)[C@H]2O)[C@@H]1O. The average molecular weight is 1490 g/mol. The fourth-order valence-electron chi connectivity index (χ4n) is 12.8. The van der Waals surface area contributed by atoms with Crippen molar-refractivity contribution in [2.45, 2.75) is 266 Å². The first-order valence-corrected chi connectivity index (χ1v) is 31.9. The van der Waals surface area contributed by atoms with Crippen molar-refractivity contribution in [1.29, 1.82) is 0 Å². The van der Waals surface area contributed by atoms with Crippen molar-refractivity contribution in [3.63, 3.8) is 0 Å². The van der Waals surface area contributed by atoms with Gasteiger partial charge in [-0.3, -0.25) is 19.2 Å². The molecule has 0 aliphatic carbocycles. The van der Waals surface area contributed by atoms with Crippen LogP contribution in [0.3, 0.4) is 0 Å². The molecule has 27 N–H and O–H groups in total. The van der Waals surface area contributed by atoms with E-state index in [4.69, 9.17) is 61.6 Å². The van der Waals surface area contributed by atoms with Crippen molar-refractivity contribution in [3.8, 4) is 0 Å². The topological polar surface area (TPSA) is 736 Å². The lowest BCUT2D eigenvalue weighted by atomic mass is 9.88. The van der Waals surface area contributed by atoms with Crippen molar-refractivity contribution in [1.82, 2.24) is 21.3 Å². The smallest absolute Gasteiger partial charge is 0.364 e. The summed E-state index contributed by atoms with van der Waals surface area (Å²) in [5, 5.41) is 259. The molecule has 46 nitrogen and oxygen atoms in total. The van der Waals surface area contributed by atoms with Gasteiger partial charge in [0, 0.05) is 40.5 Å². The fraction of sp³-hybridized carbons (Fsp3) is 0.893. The second kappa shape index (κ2) is 35.9. The second-order valence-corrected chi connectivity index (χ2v) is 25.4. The van der Waals surface area contributed by atoms with Gasteiger partial charge in [-0.1, -0.05) is 0 Å².